The summed E-state index contributed by atoms with van der Waals surface area (Å²) in [5.41, 5.74) is 0.843. The molecule has 0 saturated heterocycles. The quantitative estimate of drug-likeness (QED) is 0.811. The van der Waals surface area contributed by atoms with Gasteiger partial charge in [0.05, 0.1) is 0 Å². The fourth-order valence-electron chi connectivity index (χ4n) is 1.51. The van der Waals surface area contributed by atoms with Crippen LogP contribution in [0.15, 0.2) is 24.3 Å². The van der Waals surface area contributed by atoms with Crippen LogP contribution in [0, 0.1) is 5.82 Å². The van der Waals surface area contributed by atoms with E-state index in [1.54, 1.807) is 19.1 Å². The van der Waals surface area contributed by atoms with Crippen LogP contribution in [0.1, 0.15) is 25.3 Å². The molecule has 0 aromatic heterocycles. The number of rotatable bonds is 6. The second-order valence-electron chi connectivity index (χ2n) is 3.99. The van der Waals surface area contributed by atoms with E-state index in [0.29, 0.717) is 12.8 Å². The predicted octanol–water partition coefficient (Wildman–Crippen LogP) is 1.74. The number of carboxylic acids is 1. The van der Waals surface area contributed by atoms with Crippen molar-refractivity contribution in [3.8, 4) is 0 Å². The maximum Gasteiger partial charge on any atom is 0.326 e. The number of aliphatic carboxylic acids is 1. The van der Waals surface area contributed by atoms with Crippen LogP contribution in [0.5, 0.6) is 0 Å². The van der Waals surface area contributed by atoms with E-state index in [9.17, 15) is 14.0 Å². The van der Waals surface area contributed by atoms with Crippen molar-refractivity contribution in [2.24, 2.45) is 0 Å². The molecule has 0 saturated carbocycles. The van der Waals surface area contributed by atoms with Crippen molar-refractivity contribution in [1.29, 1.82) is 0 Å². The molecule has 0 spiro atoms. The maximum atomic E-state index is 12.6. The molecular weight excluding hydrogens is 237 g/mol. The Hall–Kier alpha value is -1.91. The summed E-state index contributed by atoms with van der Waals surface area (Å²) in [5.74, 6) is -1.67. The molecule has 4 nitrogen and oxygen atoms in total. The molecule has 0 radical (unpaired) electrons. The minimum atomic E-state index is -1.03. The first-order valence-electron chi connectivity index (χ1n) is 5.79. The third kappa shape index (κ3) is 4.53. The summed E-state index contributed by atoms with van der Waals surface area (Å²) in [6, 6.07) is 5.04. The average Bonchev–Trinajstić information content (AvgIpc) is 2.35. The van der Waals surface area contributed by atoms with Crippen molar-refractivity contribution in [2.45, 2.75) is 32.2 Å². The zero-order chi connectivity index (χ0) is 13.5. The number of carboxylic acid groups (broad SMARTS) is 1. The van der Waals surface area contributed by atoms with E-state index >= 15 is 0 Å². The SMILES string of the molecule is CC[C@@H](NC(=O)CCc1ccc(F)cc1)C(=O)O. The number of hydrogen-bond donors (Lipinski definition) is 2. The third-order valence-corrected chi connectivity index (χ3v) is 2.60. The molecule has 98 valence electrons. The van der Waals surface area contributed by atoms with Crippen molar-refractivity contribution in [1.82, 2.24) is 5.32 Å². The van der Waals surface area contributed by atoms with Gasteiger partial charge in [-0.2, -0.15) is 0 Å². The molecule has 2 N–H and O–H groups in total. The van der Waals surface area contributed by atoms with Gasteiger partial charge in [-0.05, 0) is 30.5 Å². The van der Waals surface area contributed by atoms with Crippen LogP contribution in [0.3, 0.4) is 0 Å². The topological polar surface area (TPSA) is 66.4 Å². The lowest BCUT2D eigenvalue weighted by molar-refractivity contribution is -0.141. The van der Waals surface area contributed by atoms with Gasteiger partial charge in [-0.15, -0.1) is 0 Å². The molecule has 0 bridgehead atoms. The Bertz CT molecular complexity index is 417. The summed E-state index contributed by atoms with van der Waals surface area (Å²) in [7, 11) is 0. The van der Waals surface area contributed by atoms with Gasteiger partial charge in [-0.25, -0.2) is 9.18 Å². The number of carbonyl (C=O) groups is 2. The van der Waals surface area contributed by atoms with E-state index in [1.165, 1.54) is 12.1 Å². The highest BCUT2D eigenvalue weighted by Gasteiger charge is 2.16. The summed E-state index contributed by atoms with van der Waals surface area (Å²) < 4.78 is 12.6. The molecule has 1 amide bonds. The first-order chi connectivity index (χ1) is 8.52. The minimum absolute atomic E-state index is 0.190. The molecule has 0 unspecified atom stereocenters. The molecule has 1 aromatic carbocycles. The lowest BCUT2D eigenvalue weighted by atomic mass is 10.1. The van der Waals surface area contributed by atoms with Gasteiger partial charge in [0, 0.05) is 6.42 Å². The Morgan fingerprint density at radius 3 is 2.44 bits per heavy atom. The van der Waals surface area contributed by atoms with Crippen molar-refractivity contribution >= 4 is 11.9 Å². The van der Waals surface area contributed by atoms with Gasteiger partial charge in [0.1, 0.15) is 11.9 Å². The Morgan fingerprint density at radius 2 is 1.94 bits per heavy atom. The van der Waals surface area contributed by atoms with Gasteiger partial charge in [-0.3, -0.25) is 4.79 Å². The number of benzene rings is 1. The third-order valence-electron chi connectivity index (χ3n) is 2.60. The van der Waals surface area contributed by atoms with Crippen LogP contribution < -0.4 is 5.32 Å². The highest BCUT2D eigenvalue weighted by Crippen LogP contribution is 2.05. The van der Waals surface area contributed by atoms with Gasteiger partial charge >= 0.3 is 5.97 Å². The summed E-state index contributed by atoms with van der Waals surface area (Å²) in [6.45, 7) is 1.69. The molecule has 5 heteroatoms. The summed E-state index contributed by atoms with van der Waals surface area (Å²) in [5, 5.41) is 11.2. The molecule has 1 atom stereocenters. The van der Waals surface area contributed by atoms with Crippen LogP contribution in [0.25, 0.3) is 0 Å². The zero-order valence-corrected chi connectivity index (χ0v) is 10.1. The lowest BCUT2D eigenvalue weighted by Crippen LogP contribution is -2.40. The lowest BCUT2D eigenvalue weighted by Gasteiger charge is -2.11. The minimum Gasteiger partial charge on any atom is -0.480 e. The van der Waals surface area contributed by atoms with E-state index in [1.807, 2.05) is 0 Å². The molecule has 18 heavy (non-hydrogen) atoms. The van der Waals surface area contributed by atoms with Crippen LogP contribution in [-0.4, -0.2) is 23.0 Å². The molecular formula is C13H16FNO3. The number of amides is 1. The fraction of sp³-hybridized carbons (Fsp3) is 0.385. The van der Waals surface area contributed by atoms with Crippen molar-refractivity contribution in [2.75, 3.05) is 0 Å². The number of halogens is 1. The number of aryl methyl sites for hydroxylation is 1. The smallest absolute Gasteiger partial charge is 0.326 e. The summed E-state index contributed by atoms with van der Waals surface area (Å²) in [4.78, 5) is 22.2. The summed E-state index contributed by atoms with van der Waals surface area (Å²) >= 11 is 0. The molecule has 0 fully saturated rings. The van der Waals surface area contributed by atoms with Crippen LogP contribution in [0.2, 0.25) is 0 Å². The van der Waals surface area contributed by atoms with Gasteiger partial charge in [0.15, 0.2) is 0 Å². The normalized spacial score (nSPS) is 11.9. The van der Waals surface area contributed by atoms with Gasteiger partial charge in [-0.1, -0.05) is 19.1 Å². The van der Waals surface area contributed by atoms with Crippen LogP contribution in [-0.2, 0) is 16.0 Å². The fourth-order valence-corrected chi connectivity index (χ4v) is 1.51. The Morgan fingerprint density at radius 1 is 1.33 bits per heavy atom. The van der Waals surface area contributed by atoms with E-state index in [0.717, 1.165) is 5.56 Å². The van der Waals surface area contributed by atoms with Crippen molar-refractivity contribution in [3.05, 3.63) is 35.6 Å². The van der Waals surface area contributed by atoms with Crippen molar-refractivity contribution in [3.63, 3.8) is 0 Å². The molecule has 1 rings (SSSR count). The van der Waals surface area contributed by atoms with E-state index < -0.39 is 12.0 Å². The molecule has 0 aliphatic rings. The van der Waals surface area contributed by atoms with Crippen LogP contribution in [0.4, 0.5) is 4.39 Å². The molecule has 0 aliphatic heterocycles. The monoisotopic (exact) mass is 253 g/mol. The summed E-state index contributed by atoms with van der Waals surface area (Å²) in [6.07, 6.45) is 0.995. The highest BCUT2D eigenvalue weighted by molar-refractivity contribution is 5.83. The van der Waals surface area contributed by atoms with Gasteiger partial charge < -0.3 is 10.4 Å². The Labute approximate surface area is 105 Å². The second-order valence-corrected chi connectivity index (χ2v) is 3.99. The average molecular weight is 253 g/mol. The zero-order valence-electron chi connectivity index (χ0n) is 10.1. The highest BCUT2D eigenvalue weighted by atomic mass is 19.1. The standard InChI is InChI=1S/C13H16FNO3/c1-2-11(13(17)18)15-12(16)8-5-9-3-6-10(14)7-4-9/h3-4,6-7,11H,2,5,8H2,1H3,(H,15,16)(H,17,18)/t11-/m1/s1. The molecule has 1 aromatic rings. The Balaban J connectivity index is 2.41. The number of carbonyl (C=O) groups excluding carboxylic acids is 1. The van der Waals surface area contributed by atoms with Gasteiger partial charge in [0.25, 0.3) is 0 Å². The first-order valence-corrected chi connectivity index (χ1v) is 5.79. The van der Waals surface area contributed by atoms with Crippen molar-refractivity contribution < 1.29 is 19.1 Å². The second kappa shape index (κ2) is 6.74. The predicted molar refractivity (Wildman–Crippen MR) is 64.6 cm³/mol. The first kappa shape index (κ1) is 14.2. The van der Waals surface area contributed by atoms with E-state index in [-0.39, 0.29) is 18.1 Å². The molecule has 0 aliphatic carbocycles. The number of hydrogen-bond acceptors (Lipinski definition) is 2. The van der Waals surface area contributed by atoms with E-state index in [2.05, 4.69) is 5.32 Å². The van der Waals surface area contributed by atoms with Crippen LogP contribution >= 0.6 is 0 Å². The number of nitrogens with one attached hydrogen (secondary N) is 1. The molecule has 0 heterocycles. The van der Waals surface area contributed by atoms with Gasteiger partial charge in [0.2, 0.25) is 5.91 Å². The largest absolute Gasteiger partial charge is 0.480 e. The Kier molecular flexibility index (Phi) is 5.30. The maximum absolute atomic E-state index is 12.6. The van der Waals surface area contributed by atoms with E-state index in [4.69, 9.17) is 5.11 Å².